The molecular weight excluding hydrogens is 302 g/mol. The van der Waals surface area contributed by atoms with Crippen molar-refractivity contribution in [1.29, 1.82) is 0 Å². The summed E-state index contributed by atoms with van der Waals surface area (Å²) in [6.07, 6.45) is 11.2. The fourth-order valence-electron chi connectivity index (χ4n) is 3.52. The summed E-state index contributed by atoms with van der Waals surface area (Å²) in [7, 11) is -1.34. The molecule has 1 aliphatic carbocycles. The molecule has 0 amide bonds. The topological polar surface area (TPSA) is 12.9 Å². The molecule has 0 radical (unpaired) electrons. The lowest BCUT2D eigenvalue weighted by molar-refractivity contribution is 0.547. The van der Waals surface area contributed by atoms with Gasteiger partial charge in [-0.25, -0.2) is 0 Å². The molecular formula is C19H31NSSi. The van der Waals surface area contributed by atoms with E-state index in [1.54, 1.807) is 10.8 Å². The summed E-state index contributed by atoms with van der Waals surface area (Å²) in [6, 6.07) is 2.39. The van der Waals surface area contributed by atoms with Gasteiger partial charge >= 0.3 is 0 Å². The van der Waals surface area contributed by atoms with Crippen LogP contribution in [0.4, 0.5) is 0 Å². The van der Waals surface area contributed by atoms with Gasteiger partial charge in [-0.05, 0) is 41.0 Å². The van der Waals surface area contributed by atoms with Gasteiger partial charge < -0.3 is 0 Å². The number of aromatic nitrogens is 1. The van der Waals surface area contributed by atoms with Gasteiger partial charge in [0.25, 0.3) is 0 Å². The van der Waals surface area contributed by atoms with Gasteiger partial charge in [-0.1, -0.05) is 58.3 Å². The number of pyridine rings is 1. The molecule has 0 saturated heterocycles. The largest absolute Gasteiger partial charge is 0.261 e. The van der Waals surface area contributed by atoms with Crippen LogP contribution in [0.25, 0.3) is 0 Å². The molecule has 1 nitrogen and oxygen atoms in total. The van der Waals surface area contributed by atoms with E-state index in [4.69, 9.17) is 4.98 Å². The fourth-order valence-corrected chi connectivity index (χ4v) is 5.25. The minimum atomic E-state index is -1.34. The maximum atomic E-state index is 4.79. The van der Waals surface area contributed by atoms with Gasteiger partial charge in [0.2, 0.25) is 0 Å². The van der Waals surface area contributed by atoms with Crippen LogP contribution >= 0.6 is 12.6 Å². The van der Waals surface area contributed by atoms with Crippen molar-refractivity contribution in [1.82, 2.24) is 4.98 Å². The number of allylic oxidation sites excluding steroid dienone is 2. The monoisotopic (exact) mass is 333 g/mol. The molecule has 0 N–H and O–H groups in total. The number of hydrogen-bond donors (Lipinski definition) is 1. The molecule has 2 rings (SSSR count). The number of hydrogen-bond acceptors (Lipinski definition) is 2. The predicted octanol–water partition coefficient (Wildman–Crippen LogP) is 5.30. The van der Waals surface area contributed by atoms with Crippen LogP contribution in [0.1, 0.15) is 56.7 Å². The first-order valence-corrected chi connectivity index (χ1v) is 12.6. The van der Waals surface area contributed by atoms with Gasteiger partial charge in [-0.3, -0.25) is 4.98 Å². The Hall–Kier alpha value is -0.543. The zero-order valence-corrected chi connectivity index (χ0v) is 16.7. The second-order valence-electron chi connectivity index (χ2n) is 7.81. The predicted molar refractivity (Wildman–Crippen MR) is 104 cm³/mol. The van der Waals surface area contributed by atoms with E-state index in [0.29, 0.717) is 5.92 Å². The van der Waals surface area contributed by atoms with Crippen molar-refractivity contribution >= 4 is 25.9 Å². The average molecular weight is 334 g/mol. The Balaban J connectivity index is 2.36. The summed E-state index contributed by atoms with van der Waals surface area (Å²) in [4.78, 5) is 5.91. The molecule has 22 heavy (non-hydrogen) atoms. The minimum absolute atomic E-state index is 0.298. The number of nitrogens with zero attached hydrogens (tertiary/aromatic N) is 1. The summed E-state index contributed by atoms with van der Waals surface area (Å²) in [5, 5.41) is 1.55. The lowest BCUT2D eigenvalue weighted by Gasteiger charge is -2.24. The molecule has 1 atom stereocenters. The van der Waals surface area contributed by atoms with Crippen molar-refractivity contribution in [2.75, 3.05) is 0 Å². The van der Waals surface area contributed by atoms with Crippen LogP contribution < -0.4 is 5.19 Å². The molecule has 1 aliphatic rings. The SMILES string of the molecule is C/C=C(/S)C(C)c1cc(CC2CCCC2)c([Si](C)(C)C)cn1. The van der Waals surface area contributed by atoms with Gasteiger partial charge in [0, 0.05) is 17.8 Å². The number of rotatable bonds is 5. The molecule has 1 saturated carbocycles. The van der Waals surface area contributed by atoms with E-state index >= 15 is 0 Å². The van der Waals surface area contributed by atoms with Crippen molar-refractivity contribution in [3.63, 3.8) is 0 Å². The van der Waals surface area contributed by atoms with Crippen LogP contribution in [-0.4, -0.2) is 13.1 Å². The van der Waals surface area contributed by atoms with Crippen LogP contribution in [0.2, 0.25) is 19.6 Å². The summed E-state index contributed by atoms with van der Waals surface area (Å²) in [5.41, 5.74) is 2.75. The third-order valence-corrected chi connectivity index (χ3v) is 7.70. The normalized spacial score (nSPS) is 18.7. The highest BCUT2D eigenvalue weighted by Gasteiger charge is 2.25. The Kier molecular flexibility index (Phi) is 5.95. The quantitative estimate of drug-likeness (QED) is 0.570. The third kappa shape index (κ3) is 4.26. The van der Waals surface area contributed by atoms with Crippen LogP contribution in [-0.2, 0) is 6.42 Å². The summed E-state index contributed by atoms with van der Waals surface area (Å²) >= 11 is 4.60. The Bertz CT molecular complexity index is 539. The van der Waals surface area contributed by atoms with E-state index in [-0.39, 0.29) is 0 Å². The van der Waals surface area contributed by atoms with Crippen LogP contribution in [0, 0.1) is 5.92 Å². The lowest BCUT2D eigenvalue weighted by atomic mass is 9.96. The van der Waals surface area contributed by atoms with Crippen molar-refractivity contribution in [2.45, 2.75) is 71.5 Å². The fraction of sp³-hybridized carbons (Fsp3) is 0.632. The Labute approximate surface area is 143 Å². The molecule has 1 unspecified atom stereocenters. The van der Waals surface area contributed by atoms with E-state index in [1.807, 2.05) is 0 Å². The maximum absolute atomic E-state index is 4.79. The Morgan fingerprint density at radius 1 is 1.36 bits per heavy atom. The second kappa shape index (κ2) is 7.35. The summed E-state index contributed by atoms with van der Waals surface area (Å²) in [5.74, 6) is 1.18. The number of thiol groups is 1. The molecule has 1 fully saturated rings. The Morgan fingerprint density at radius 2 is 2.00 bits per heavy atom. The molecule has 1 heterocycles. The second-order valence-corrected chi connectivity index (χ2v) is 13.4. The van der Waals surface area contributed by atoms with Gasteiger partial charge in [-0.15, -0.1) is 12.6 Å². The molecule has 0 bridgehead atoms. The van der Waals surface area contributed by atoms with Crippen LogP contribution in [0.3, 0.4) is 0 Å². The lowest BCUT2D eigenvalue weighted by Crippen LogP contribution is -2.41. The highest BCUT2D eigenvalue weighted by molar-refractivity contribution is 7.84. The van der Waals surface area contributed by atoms with Crippen LogP contribution in [0.5, 0.6) is 0 Å². The summed E-state index contributed by atoms with van der Waals surface area (Å²) < 4.78 is 0. The first-order valence-electron chi connectivity index (χ1n) is 8.67. The average Bonchev–Trinajstić information content (AvgIpc) is 2.97. The first-order chi connectivity index (χ1) is 10.3. The van der Waals surface area contributed by atoms with E-state index < -0.39 is 8.07 Å². The molecule has 3 heteroatoms. The maximum Gasteiger partial charge on any atom is 0.0799 e. The Morgan fingerprint density at radius 3 is 2.55 bits per heavy atom. The molecule has 0 spiro atoms. The standard InChI is InChI=1S/C19H31NSSi/c1-6-18(21)14(2)17-12-16(11-15-9-7-8-10-15)19(13-20-17)22(3,4)5/h6,12-15,21H,7-11H2,1-5H3/b18-6+. The van der Waals surface area contributed by atoms with Gasteiger partial charge in [-0.2, -0.15) is 0 Å². The highest BCUT2D eigenvalue weighted by Crippen LogP contribution is 2.30. The molecule has 1 aromatic heterocycles. The van der Waals surface area contributed by atoms with E-state index in [9.17, 15) is 0 Å². The smallest absolute Gasteiger partial charge is 0.0799 e. The zero-order chi connectivity index (χ0) is 16.3. The molecule has 0 aromatic carbocycles. The van der Waals surface area contributed by atoms with Gasteiger partial charge in [0.05, 0.1) is 8.07 Å². The van der Waals surface area contributed by atoms with E-state index in [1.165, 1.54) is 37.8 Å². The van der Waals surface area contributed by atoms with Crippen molar-refractivity contribution in [3.05, 3.63) is 34.5 Å². The van der Waals surface area contributed by atoms with Crippen molar-refractivity contribution in [2.24, 2.45) is 5.92 Å². The zero-order valence-electron chi connectivity index (χ0n) is 14.8. The first kappa shape index (κ1) is 17.8. The van der Waals surface area contributed by atoms with Gasteiger partial charge in [0.1, 0.15) is 0 Å². The van der Waals surface area contributed by atoms with E-state index in [2.05, 4.69) is 64.5 Å². The highest BCUT2D eigenvalue weighted by atomic mass is 32.1. The van der Waals surface area contributed by atoms with Gasteiger partial charge in [0.15, 0.2) is 0 Å². The van der Waals surface area contributed by atoms with Crippen LogP contribution in [0.15, 0.2) is 23.2 Å². The van der Waals surface area contributed by atoms with E-state index in [0.717, 1.165) is 10.8 Å². The van der Waals surface area contributed by atoms with Crippen molar-refractivity contribution < 1.29 is 0 Å². The molecule has 1 aromatic rings. The molecule has 0 aliphatic heterocycles. The summed E-state index contributed by atoms with van der Waals surface area (Å²) in [6.45, 7) is 11.6. The third-order valence-electron chi connectivity index (χ3n) is 4.99. The molecule has 122 valence electrons. The van der Waals surface area contributed by atoms with Crippen molar-refractivity contribution in [3.8, 4) is 0 Å². The minimum Gasteiger partial charge on any atom is -0.261 e.